The molecule has 1 rings (SSSR count). The normalized spacial score (nSPS) is 11.4. The van der Waals surface area contributed by atoms with Gasteiger partial charge >= 0.3 is 5.69 Å². The fourth-order valence-corrected chi connectivity index (χ4v) is 1.64. The summed E-state index contributed by atoms with van der Waals surface area (Å²) in [5.74, 6) is 0.135. The Morgan fingerprint density at radius 1 is 1.53 bits per heavy atom. The van der Waals surface area contributed by atoms with Crippen LogP contribution in [0.5, 0.6) is 0 Å². The van der Waals surface area contributed by atoms with E-state index < -0.39 is 4.92 Å². The lowest BCUT2D eigenvalue weighted by Crippen LogP contribution is -2.25. The minimum absolute atomic E-state index is 0.0820. The molecule has 0 radical (unpaired) electrons. The lowest BCUT2D eigenvalue weighted by Gasteiger charge is -2.24. The van der Waals surface area contributed by atoms with Crippen LogP contribution in [0.1, 0.15) is 20.3 Å². The number of aromatic nitrogens is 2. The summed E-state index contributed by atoms with van der Waals surface area (Å²) in [5.41, 5.74) is -0.381. The molecule has 0 aliphatic heterocycles. The van der Waals surface area contributed by atoms with E-state index in [1.807, 2.05) is 13.8 Å². The maximum Gasteiger partial charge on any atom is 0.348 e. The average Bonchev–Trinajstić information content (AvgIpc) is 2.33. The first-order valence-electron chi connectivity index (χ1n) is 5.75. The van der Waals surface area contributed by atoms with Crippen LogP contribution in [0.3, 0.4) is 0 Å². The van der Waals surface area contributed by atoms with Crippen LogP contribution >= 0.6 is 11.6 Å². The third-order valence-corrected chi connectivity index (χ3v) is 2.95. The van der Waals surface area contributed by atoms with Crippen molar-refractivity contribution in [3.05, 3.63) is 21.6 Å². The summed E-state index contributed by atoms with van der Waals surface area (Å²) in [6, 6.07) is 0. The Morgan fingerprint density at radius 3 is 2.79 bits per heavy atom. The van der Waals surface area contributed by atoms with Gasteiger partial charge < -0.3 is 10.1 Å². The molecule has 0 aliphatic rings. The Balaban J connectivity index is 2.78. The van der Waals surface area contributed by atoms with Gasteiger partial charge in [0.2, 0.25) is 11.0 Å². The first-order chi connectivity index (χ1) is 8.87. The molecule has 8 heteroatoms. The molecule has 0 bridgehead atoms. The first-order valence-corrected chi connectivity index (χ1v) is 6.13. The number of nitrogens with one attached hydrogen (secondary N) is 1. The standard InChI is InChI=1S/C11H17ClN4O3/c1-11(2,4-5-19-3)6-13-10-8(16(17)18)9(12)14-7-15-10/h7H,4-6H2,1-3H3,(H,13,14,15). The van der Waals surface area contributed by atoms with Crippen molar-refractivity contribution in [3.8, 4) is 0 Å². The van der Waals surface area contributed by atoms with Crippen molar-refractivity contribution in [2.75, 3.05) is 25.6 Å². The summed E-state index contributed by atoms with van der Waals surface area (Å²) >= 11 is 5.71. The van der Waals surface area contributed by atoms with Crippen molar-refractivity contribution in [2.24, 2.45) is 5.41 Å². The lowest BCUT2D eigenvalue weighted by molar-refractivity contribution is -0.384. The molecule has 0 fully saturated rings. The topological polar surface area (TPSA) is 90.2 Å². The zero-order valence-electron chi connectivity index (χ0n) is 11.1. The van der Waals surface area contributed by atoms with E-state index in [9.17, 15) is 10.1 Å². The number of rotatable bonds is 7. The molecule has 0 atom stereocenters. The molecule has 1 N–H and O–H groups in total. The van der Waals surface area contributed by atoms with Crippen LogP contribution in [0, 0.1) is 15.5 Å². The van der Waals surface area contributed by atoms with Crippen LogP contribution in [-0.4, -0.2) is 35.2 Å². The van der Waals surface area contributed by atoms with E-state index in [0.717, 1.165) is 6.42 Å². The van der Waals surface area contributed by atoms with E-state index in [1.54, 1.807) is 7.11 Å². The average molecular weight is 289 g/mol. The number of ether oxygens (including phenoxy) is 1. The maximum atomic E-state index is 10.9. The molecule has 0 unspecified atom stereocenters. The Kier molecular flexibility index (Phi) is 5.44. The van der Waals surface area contributed by atoms with E-state index >= 15 is 0 Å². The van der Waals surface area contributed by atoms with Crippen molar-refractivity contribution in [2.45, 2.75) is 20.3 Å². The highest BCUT2D eigenvalue weighted by molar-refractivity contribution is 6.31. The van der Waals surface area contributed by atoms with Gasteiger partial charge in [0.05, 0.1) is 4.92 Å². The molecule has 0 spiro atoms. The molecule has 106 valence electrons. The Morgan fingerprint density at radius 2 is 2.21 bits per heavy atom. The van der Waals surface area contributed by atoms with Crippen LogP contribution in [0.2, 0.25) is 5.15 Å². The van der Waals surface area contributed by atoms with Gasteiger partial charge in [0.1, 0.15) is 6.33 Å². The third kappa shape index (κ3) is 4.60. The van der Waals surface area contributed by atoms with Gasteiger partial charge in [0.15, 0.2) is 0 Å². The van der Waals surface area contributed by atoms with Gasteiger partial charge in [0.25, 0.3) is 0 Å². The smallest absolute Gasteiger partial charge is 0.348 e. The molecule has 0 aromatic carbocycles. The molecule has 0 saturated heterocycles. The highest BCUT2D eigenvalue weighted by atomic mass is 35.5. The number of hydrogen-bond donors (Lipinski definition) is 1. The number of methoxy groups -OCH3 is 1. The fraction of sp³-hybridized carbons (Fsp3) is 0.636. The molecule has 1 aromatic rings. The second kappa shape index (κ2) is 6.63. The molecule has 0 amide bonds. The highest BCUT2D eigenvalue weighted by Crippen LogP contribution is 2.29. The molecule has 0 saturated carbocycles. The van der Waals surface area contributed by atoms with Crippen molar-refractivity contribution >= 4 is 23.1 Å². The van der Waals surface area contributed by atoms with E-state index in [2.05, 4.69) is 15.3 Å². The zero-order chi connectivity index (χ0) is 14.5. The van der Waals surface area contributed by atoms with Crippen LogP contribution in [-0.2, 0) is 4.74 Å². The van der Waals surface area contributed by atoms with Gasteiger partial charge in [0, 0.05) is 20.3 Å². The largest absolute Gasteiger partial charge is 0.385 e. The van der Waals surface area contributed by atoms with Crippen LogP contribution in [0.25, 0.3) is 0 Å². The zero-order valence-corrected chi connectivity index (χ0v) is 11.9. The first kappa shape index (κ1) is 15.6. The van der Waals surface area contributed by atoms with Crippen molar-refractivity contribution in [1.82, 2.24) is 9.97 Å². The Bertz CT molecular complexity index is 454. The van der Waals surface area contributed by atoms with Gasteiger partial charge in [-0.05, 0) is 11.8 Å². The van der Waals surface area contributed by atoms with Crippen LogP contribution in [0.4, 0.5) is 11.5 Å². The Hall–Kier alpha value is -1.47. The highest BCUT2D eigenvalue weighted by Gasteiger charge is 2.24. The molecule has 1 aromatic heterocycles. The number of halogens is 1. The van der Waals surface area contributed by atoms with Gasteiger partial charge in [-0.1, -0.05) is 25.4 Å². The molecular weight excluding hydrogens is 272 g/mol. The predicted octanol–water partition coefficient (Wildman–Crippen LogP) is 2.51. The summed E-state index contributed by atoms with van der Waals surface area (Å²) in [4.78, 5) is 17.8. The minimum atomic E-state index is -0.590. The summed E-state index contributed by atoms with van der Waals surface area (Å²) in [5, 5.41) is 13.7. The molecular formula is C11H17ClN4O3. The van der Waals surface area contributed by atoms with Crippen molar-refractivity contribution < 1.29 is 9.66 Å². The molecule has 7 nitrogen and oxygen atoms in total. The van der Waals surface area contributed by atoms with E-state index in [-0.39, 0.29) is 22.1 Å². The second-order valence-electron chi connectivity index (χ2n) is 4.88. The summed E-state index contributed by atoms with van der Waals surface area (Å²) < 4.78 is 5.03. The summed E-state index contributed by atoms with van der Waals surface area (Å²) in [6.07, 6.45) is 2.02. The summed E-state index contributed by atoms with van der Waals surface area (Å²) in [7, 11) is 1.64. The lowest BCUT2D eigenvalue weighted by atomic mass is 9.90. The van der Waals surface area contributed by atoms with Gasteiger partial charge in [-0.3, -0.25) is 10.1 Å². The number of nitro groups is 1. The molecule has 0 aliphatic carbocycles. The van der Waals surface area contributed by atoms with E-state index in [1.165, 1.54) is 6.33 Å². The van der Waals surface area contributed by atoms with Crippen molar-refractivity contribution in [1.29, 1.82) is 0 Å². The minimum Gasteiger partial charge on any atom is -0.385 e. The van der Waals surface area contributed by atoms with E-state index in [4.69, 9.17) is 16.3 Å². The third-order valence-electron chi connectivity index (χ3n) is 2.68. The van der Waals surface area contributed by atoms with Gasteiger partial charge in [-0.25, -0.2) is 9.97 Å². The summed E-state index contributed by atoms with van der Waals surface area (Å²) in [6.45, 7) is 5.22. The molecule has 19 heavy (non-hydrogen) atoms. The SMILES string of the molecule is COCCC(C)(C)CNc1ncnc(Cl)c1[N+](=O)[O-]. The van der Waals surface area contributed by atoms with Gasteiger partial charge in [-0.15, -0.1) is 0 Å². The monoisotopic (exact) mass is 288 g/mol. The predicted molar refractivity (Wildman–Crippen MR) is 72.5 cm³/mol. The quantitative estimate of drug-likeness (QED) is 0.471. The van der Waals surface area contributed by atoms with Crippen LogP contribution in [0.15, 0.2) is 6.33 Å². The maximum absolute atomic E-state index is 10.9. The molecule has 1 heterocycles. The number of nitrogens with zero attached hydrogens (tertiary/aromatic N) is 3. The van der Waals surface area contributed by atoms with Gasteiger partial charge in [-0.2, -0.15) is 0 Å². The number of hydrogen-bond acceptors (Lipinski definition) is 6. The second-order valence-corrected chi connectivity index (χ2v) is 5.24. The number of anilines is 1. The fourth-order valence-electron chi connectivity index (χ4n) is 1.44. The van der Waals surface area contributed by atoms with E-state index in [0.29, 0.717) is 13.2 Å². The Labute approximate surface area is 116 Å². The van der Waals surface area contributed by atoms with Crippen molar-refractivity contribution in [3.63, 3.8) is 0 Å². The van der Waals surface area contributed by atoms with Crippen LogP contribution < -0.4 is 5.32 Å².